The van der Waals surface area contributed by atoms with E-state index >= 15 is 0 Å². The minimum absolute atomic E-state index is 0.685. The zero-order chi connectivity index (χ0) is 21.7. The second-order valence-electron chi connectivity index (χ2n) is 7.99. The van der Waals surface area contributed by atoms with Crippen molar-refractivity contribution in [3.63, 3.8) is 0 Å². The molecule has 0 atom stereocenters. The van der Waals surface area contributed by atoms with Crippen molar-refractivity contribution in [2.45, 2.75) is 6.92 Å². The topological polar surface area (TPSA) is 29.3 Å². The normalized spacial score (nSPS) is 11.4. The Bertz CT molecular complexity index is 1560. The van der Waals surface area contributed by atoms with Gasteiger partial charge in [-0.1, -0.05) is 78.3 Å². The third kappa shape index (κ3) is 2.94. The summed E-state index contributed by atoms with van der Waals surface area (Å²) in [7, 11) is 0. The van der Waals surface area contributed by atoms with E-state index in [0.29, 0.717) is 5.02 Å². The summed E-state index contributed by atoms with van der Waals surface area (Å²) in [6, 6.07) is 31.2. The summed E-state index contributed by atoms with van der Waals surface area (Å²) < 4.78 is 2.09. The van der Waals surface area contributed by atoms with Gasteiger partial charge in [0.25, 0.3) is 0 Å². The highest BCUT2D eigenvalue weighted by Gasteiger charge is 2.20. The molecule has 154 valence electrons. The quantitative estimate of drug-likeness (QED) is 0.286. The Morgan fingerprint density at radius 1 is 0.781 bits per heavy atom. The van der Waals surface area contributed by atoms with E-state index in [1.54, 1.807) is 0 Å². The lowest BCUT2D eigenvalue weighted by atomic mass is 9.94. The number of fused-ring (bicyclic) bond motifs is 3. The van der Waals surface area contributed by atoms with Crippen molar-refractivity contribution in [2.24, 2.45) is 0 Å². The van der Waals surface area contributed by atoms with Crippen molar-refractivity contribution >= 4 is 50.3 Å². The number of para-hydroxylation sites is 1. The Labute approximate surface area is 190 Å². The molecule has 0 aliphatic heterocycles. The van der Waals surface area contributed by atoms with Crippen LogP contribution in [0.25, 0.3) is 38.4 Å². The number of imidazole rings is 1. The molecular formula is C28H20ClN3. The van der Waals surface area contributed by atoms with Crippen molar-refractivity contribution in [2.75, 3.05) is 5.32 Å². The minimum atomic E-state index is 0.685. The number of benzene rings is 4. The highest BCUT2D eigenvalue weighted by molar-refractivity contribution is 6.33. The van der Waals surface area contributed by atoms with Crippen LogP contribution in [0.2, 0.25) is 5.02 Å². The second kappa shape index (κ2) is 7.40. The van der Waals surface area contributed by atoms with Gasteiger partial charge in [0.1, 0.15) is 17.2 Å². The molecule has 6 aromatic rings. The molecule has 0 fully saturated rings. The van der Waals surface area contributed by atoms with Gasteiger partial charge in [0.05, 0.1) is 10.7 Å². The summed E-state index contributed by atoms with van der Waals surface area (Å²) in [5.74, 6) is 0.901. The monoisotopic (exact) mass is 433 g/mol. The van der Waals surface area contributed by atoms with Gasteiger partial charge in [-0.15, -0.1) is 0 Å². The number of hydrogen-bond acceptors (Lipinski definition) is 2. The summed E-state index contributed by atoms with van der Waals surface area (Å²) in [6.07, 6.45) is 2.04. The van der Waals surface area contributed by atoms with Crippen LogP contribution in [-0.4, -0.2) is 9.38 Å². The summed E-state index contributed by atoms with van der Waals surface area (Å²) in [5, 5.41) is 9.05. The van der Waals surface area contributed by atoms with E-state index in [2.05, 4.69) is 77.3 Å². The maximum atomic E-state index is 6.59. The van der Waals surface area contributed by atoms with Gasteiger partial charge < -0.3 is 5.32 Å². The Hall–Kier alpha value is -3.82. The molecule has 0 spiro atoms. The van der Waals surface area contributed by atoms with Gasteiger partial charge in [-0.05, 0) is 58.3 Å². The van der Waals surface area contributed by atoms with E-state index in [4.69, 9.17) is 16.6 Å². The van der Waals surface area contributed by atoms with Crippen LogP contribution in [0.1, 0.15) is 5.56 Å². The number of nitrogens with zero attached hydrogens (tertiary/aromatic N) is 2. The smallest absolute Gasteiger partial charge is 0.143 e. The van der Waals surface area contributed by atoms with E-state index in [1.165, 1.54) is 21.5 Å². The van der Waals surface area contributed by atoms with Gasteiger partial charge in [-0.3, -0.25) is 4.40 Å². The van der Waals surface area contributed by atoms with Crippen LogP contribution in [0, 0.1) is 6.92 Å². The first kappa shape index (κ1) is 18.9. The van der Waals surface area contributed by atoms with Crippen LogP contribution in [0.4, 0.5) is 11.5 Å². The number of aryl methyl sites for hydroxylation is 1. The number of aromatic nitrogens is 2. The molecule has 0 radical (unpaired) electrons. The summed E-state index contributed by atoms with van der Waals surface area (Å²) in [5.41, 5.74) is 4.88. The molecule has 32 heavy (non-hydrogen) atoms. The lowest BCUT2D eigenvalue weighted by Crippen LogP contribution is -2.00. The Kier molecular flexibility index (Phi) is 4.37. The first-order valence-electron chi connectivity index (χ1n) is 10.6. The number of anilines is 2. The Morgan fingerprint density at radius 3 is 2.19 bits per heavy atom. The van der Waals surface area contributed by atoms with Crippen LogP contribution in [0.15, 0.2) is 97.2 Å². The number of nitrogens with one attached hydrogen (secondary N) is 1. The molecule has 1 N–H and O–H groups in total. The van der Waals surface area contributed by atoms with Crippen LogP contribution >= 0.6 is 11.6 Å². The molecule has 0 saturated heterocycles. The van der Waals surface area contributed by atoms with Crippen LogP contribution < -0.4 is 5.32 Å². The fraction of sp³-hybridized carbons (Fsp3) is 0.0357. The summed E-state index contributed by atoms with van der Waals surface area (Å²) >= 11 is 6.59. The predicted molar refractivity (Wildman–Crippen MR) is 135 cm³/mol. The highest BCUT2D eigenvalue weighted by Crippen LogP contribution is 2.41. The molecule has 6 rings (SSSR count). The molecule has 0 saturated carbocycles. The summed E-state index contributed by atoms with van der Waals surface area (Å²) in [6.45, 7) is 2.06. The zero-order valence-electron chi connectivity index (χ0n) is 17.5. The molecule has 4 heteroatoms. The van der Waals surface area contributed by atoms with Gasteiger partial charge >= 0.3 is 0 Å². The van der Waals surface area contributed by atoms with Crippen molar-refractivity contribution in [3.8, 4) is 11.3 Å². The molecule has 2 aromatic heterocycles. The maximum Gasteiger partial charge on any atom is 0.143 e. The highest BCUT2D eigenvalue weighted by atomic mass is 35.5. The van der Waals surface area contributed by atoms with E-state index in [1.807, 2.05) is 36.5 Å². The van der Waals surface area contributed by atoms with E-state index in [-0.39, 0.29) is 0 Å². The van der Waals surface area contributed by atoms with Crippen molar-refractivity contribution in [3.05, 3.63) is 108 Å². The SMILES string of the molecule is Cc1cccc(Cl)c1Nc1c(-c2c3ccccc3cc3ccccc23)nc2ccccn12. The van der Waals surface area contributed by atoms with E-state index < -0.39 is 0 Å². The van der Waals surface area contributed by atoms with Crippen LogP contribution in [-0.2, 0) is 0 Å². The fourth-order valence-corrected chi connectivity index (χ4v) is 4.74. The molecule has 4 aromatic carbocycles. The van der Waals surface area contributed by atoms with Gasteiger partial charge in [0.2, 0.25) is 0 Å². The second-order valence-corrected chi connectivity index (χ2v) is 8.40. The maximum absolute atomic E-state index is 6.59. The zero-order valence-corrected chi connectivity index (χ0v) is 18.3. The fourth-order valence-electron chi connectivity index (χ4n) is 4.47. The molecule has 0 amide bonds. The first-order chi connectivity index (χ1) is 15.7. The van der Waals surface area contributed by atoms with Crippen molar-refractivity contribution < 1.29 is 0 Å². The molecule has 0 unspecified atom stereocenters. The molecule has 0 aliphatic rings. The summed E-state index contributed by atoms with van der Waals surface area (Å²) in [4.78, 5) is 5.10. The number of rotatable bonds is 3. The number of hydrogen-bond donors (Lipinski definition) is 1. The standard InChI is InChI=1S/C28H20ClN3/c1-18-9-8-14-23(29)26(18)31-28-27(30-24-15-6-7-16-32(24)28)25-21-12-4-2-10-19(21)17-20-11-3-5-13-22(20)25/h2-17,31H,1H3. The average Bonchev–Trinajstić information content (AvgIpc) is 3.18. The van der Waals surface area contributed by atoms with Gasteiger partial charge in [-0.2, -0.15) is 0 Å². The van der Waals surface area contributed by atoms with E-state index in [9.17, 15) is 0 Å². The Balaban J connectivity index is 1.73. The van der Waals surface area contributed by atoms with Crippen LogP contribution in [0.3, 0.4) is 0 Å². The third-order valence-electron chi connectivity index (χ3n) is 6.00. The third-order valence-corrected chi connectivity index (χ3v) is 6.32. The minimum Gasteiger partial charge on any atom is -0.338 e. The van der Waals surface area contributed by atoms with E-state index in [0.717, 1.165) is 34.0 Å². The van der Waals surface area contributed by atoms with Gasteiger partial charge in [0, 0.05) is 11.8 Å². The lowest BCUT2D eigenvalue weighted by molar-refractivity contribution is 1.18. The molecule has 2 heterocycles. The first-order valence-corrected chi connectivity index (χ1v) is 11.0. The average molecular weight is 434 g/mol. The molecule has 0 aliphatic carbocycles. The lowest BCUT2D eigenvalue weighted by Gasteiger charge is -2.15. The molecular weight excluding hydrogens is 414 g/mol. The molecule has 0 bridgehead atoms. The number of halogens is 1. The van der Waals surface area contributed by atoms with Gasteiger partial charge in [-0.25, -0.2) is 4.98 Å². The Morgan fingerprint density at radius 2 is 1.47 bits per heavy atom. The predicted octanol–water partition coefficient (Wildman–Crippen LogP) is 8.01. The largest absolute Gasteiger partial charge is 0.338 e. The molecule has 3 nitrogen and oxygen atoms in total. The van der Waals surface area contributed by atoms with Crippen LogP contribution in [0.5, 0.6) is 0 Å². The van der Waals surface area contributed by atoms with Gasteiger partial charge in [0.15, 0.2) is 0 Å². The number of pyridine rings is 1. The van der Waals surface area contributed by atoms with Crippen molar-refractivity contribution in [1.82, 2.24) is 9.38 Å². The van der Waals surface area contributed by atoms with Crippen molar-refractivity contribution in [1.29, 1.82) is 0 Å².